The molecule has 4 fully saturated rings. The molecular weight excluding hydrogens is 392 g/mol. The van der Waals surface area contributed by atoms with Gasteiger partial charge in [-0.25, -0.2) is 4.79 Å². The van der Waals surface area contributed by atoms with Gasteiger partial charge in [-0.2, -0.15) is 5.26 Å². The molecule has 5 atom stereocenters. The second-order valence-electron chi connectivity index (χ2n) is 10.6. The number of hydrogen-bond acceptors (Lipinski definition) is 4. The molecule has 0 aromatic heterocycles. The number of nitrogens with two attached hydrogens (primary N) is 1. The Morgan fingerprint density at radius 2 is 1.65 bits per heavy atom. The third-order valence-corrected chi connectivity index (χ3v) is 8.03. The number of amides is 3. The van der Waals surface area contributed by atoms with Crippen molar-refractivity contribution in [3.63, 3.8) is 0 Å². The Kier molecular flexibility index (Phi) is 7.85. The summed E-state index contributed by atoms with van der Waals surface area (Å²) in [6.07, 6.45) is 8.78. The van der Waals surface area contributed by atoms with Crippen molar-refractivity contribution in [2.45, 2.75) is 77.7 Å². The van der Waals surface area contributed by atoms with Gasteiger partial charge < -0.3 is 20.6 Å². The van der Waals surface area contributed by atoms with E-state index < -0.39 is 0 Å². The molecule has 5 unspecified atom stereocenters. The average Bonchev–Trinajstić information content (AvgIpc) is 2.78. The molecule has 2 saturated carbocycles. The molecule has 3 N–H and O–H groups in total. The lowest BCUT2D eigenvalue weighted by molar-refractivity contribution is -0.135. The summed E-state index contributed by atoms with van der Waals surface area (Å²) in [6, 6.07) is 2.48. The number of carbonyl (C=O) groups is 2. The second kappa shape index (κ2) is 10.2. The Morgan fingerprint density at radius 1 is 1.03 bits per heavy atom. The molecule has 0 spiro atoms. The van der Waals surface area contributed by atoms with Crippen LogP contribution in [0.2, 0.25) is 0 Å². The van der Waals surface area contributed by atoms with Crippen molar-refractivity contribution in [3.8, 4) is 6.07 Å². The summed E-state index contributed by atoms with van der Waals surface area (Å²) < 4.78 is 0. The van der Waals surface area contributed by atoms with Gasteiger partial charge in [-0.15, -0.1) is 0 Å². The van der Waals surface area contributed by atoms with Gasteiger partial charge in [0.25, 0.3) is 0 Å². The van der Waals surface area contributed by atoms with Crippen LogP contribution in [0.25, 0.3) is 0 Å². The van der Waals surface area contributed by atoms with E-state index in [0.29, 0.717) is 11.8 Å². The fourth-order valence-corrected chi connectivity index (χ4v) is 6.15. The minimum Gasteiger partial charge on any atom is -0.393 e. The van der Waals surface area contributed by atoms with Crippen molar-refractivity contribution >= 4 is 11.9 Å². The van der Waals surface area contributed by atoms with Crippen LogP contribution < -0.4 is 5.73 Å². The molecule has 174 valence electrons. The number of urea groups is 1. The van der Waals surface area contributed by atoms with Crippen LogP contribution in [0.5, 0.6) is 0 Å². The number of hydrogen-bond donors (Lipinski definition) is 2. The summed E-state index contributed by atoms with van der Waals surface area (Å²) >= 11 is 0. The SMILES string of the molecule is CC1CC2CC(CC(C)(C(N)=O)C2)C1O.N#CC1CCN(C(=O)N2CCCCC2)CC1. The molecule has 4 aliphatic rings. The maximum absolute atomic E-state index is 12.1. The highest BCUT2D eigenvalue weighted by molar-refractivity contribution is 5.80. The van der Waals surface area contributed by atoms with Crippen molar-refractivity contribution < 1.29 is 14.7 Å². The third-order valence-electron chi connectivity index (χ3n) is 8.03. The van der Waals surface area contributed by atoms with Gasteiger partial charge in [-0.3, -0.25) is 4.79 Å². The summed E-state index contributed by atoms with van der Waals surface area (Å²) in [5.41, 5.74) is 5.08. The molecule has 2 aliphatic carbocycles. The minimum atomic E-state index is -0.380. The van der Waals surface area contributed by atoms with Gasteiger partial charge in [0.2, 0.25) is 5.91 Å². The normalized spacial score (nSPS) is 36.1. The van der Waals surface area contributed by atoms with E-state index in [1.165, 1.54) is 6.42 Å². The van der Waals surface area contributed by atoms with Crippen LogP contribution in [-0.4, -0.2) is 59.1 Å². The second-order valence-corrected chi connectivity index (χ2v) is 10.6. The molecule has 31 heavy (non-hydrogen) atoms. The van der Waals surface area contributed by atoms with Crippen LogP contribution in [-0.2, 0) is 4.79 Å². The number of nitriles is 1. The van der Waals surface area contributed by atoms with Gasteiger partial charge in [0.05, 0.1) is 12.2 Å². The largest absolute Gasteiger partial charge is 0.393 e. The third kappa shape index (κ3) is 5.71. The molecule has 2 heterocycles. The lowest BCUT2D eigenvalue weighted by Gasteiger charge is -2.48. The van der Waals surface area contributed by atoms with Crippen LogP contribution in [0, 0.1) is 40.4 Å². The van der Waals surface area contributed by atoms with E-state index in [4.69, 9.17) is 11.0 Å². The van der Waals surface area contributed by atoms with Crippen molar-refractivity contribution in [3.05, 3.63) is 0 Å². The van der Waals surface area contributed by atoms with Crippen molar-refractivity contribution in [2.75, 3.05) is 26.2 Å². The summed E-state index contributed by atoms with van der Waals surface area (Å²) in [4.78, 5) is 27.4. The number of aliphatic hydroxyl groups excluding tert-OH is 1. The summed E-state index contributed by atoms with van der Waals surface area (Å²) in [6.45, 7) is 7.41. The first-order valence-electron chi connectivity index (χ1n) is 12.1. The van der Waals surface area contributed by atoms with Crippen LogP contribution in [0.1, 0.15) is 71.6 Å². The zero-order valence-electron chi connectivity index (χ0n) is 19.3. The fraction of sp³-hybridized carbons (Fsp3) is 0.875. The number of rotatable bonds is 1. The first-order chi connectivity index (χ1) is 14.7. The molecule has 3 amide bonds. The Balaban J connectivity index is 0.000000176. The predicted molar refractivity (Wildman–Crippen MR) is 119 cm³/mol. The van der Waals surface area contributed by atoms with E-state index in [2.05, 4.69) is 13.0 Å². The first kappa shape index (κ1) is 23.8. The smallest absolute Gasteiger partial charge is 0.319 e. The van der Waals surface area contributed by atoms with Gasteiger partial charge in [0.1, 0.15) is 0 Å². The highest BCUT2D eigenvalue weighted by Crippen LogP contribution is 2.50. The van der Waals surface area contributed by atoms with Crippen LogP contribution in [0.3, 0.4) is 0 Å². The van der Waals surface area contributed by atoms with Gasteiger partial charge in [0, 0.05) is 37.5 Å². The Morgan fingerprint density at radius 3 is 2.23 bits per heavy atom. The minimum absolute atomic E-state index is 0.158. The summed E-state index contributed by atoms with van der Waals surface area (Å²) in [5.74, 6) is 1.21. The molecule has 2 saturated heterocycles. The van der Waals surface area contributed by atoms with Gasteiger partial charge in [-0.1, -0.05) is 13.8 Å². The Labute approximate surface area is 186 Å². The predicted octanol–water partition coefficient (Wildman–Crippen LogP) is 3.12. The summed E-state index contributed by atoms with van der Waals surface area (Å²) in [7, 11) is 0. The van der Waals surface area contributed by atoms with Gasteiger partial charge >= 0.3 is 6.03 Å². The number of likely N-dealkylation sites (tertiary alicyclic amines) is 2. The topological polar surface area (TPSA) is 111 Å². The average molecular weight is 433 g/mol. The number of nitrogens with zero attached hydrogens (tertiary/aromatic N) is 3. The van der Waals surface area contributed by atoms with Crippen LogP contribution in [0.4, 0.5) is 4.79 Å². The van der Waals surface area contributed by atoms with Gasteiger partial charge in [0.15, 0.2) is 0 Å². The van der Waals surface area contributed by atoms with E-state index in [1.54, 1.807) is 0 Å². The quantitative estimate of drug-likeness (QED) is 0.663. The Bertz CT molecular complexity index is 677. The fourth-order valence-electron chi connectivity index (χ4n) is 6.15. The summed E-state index contributed by atoms with van der Waals surface area (Å²) in [5, 5.41) is 18.9. The molecule has 4 rings (SSSR count). The van der Waals surface area contributed by atoms with E-state index in [0.717, 1.165) is 77.5 Å². The lowest BCUT2D eigenvalue weighted by Crippen LogP contribution is -2.48. The Hall–Kier alpha value is -1.81. The molecule has 0 aromatic rings. The van der Waals surface area contributed by atoms with E-state index in [1.807, 2.05) is 16.7 Å². The molecule has 0 aromatic carbocycles. The van der Waals surface area contributed by atoms with E-state index >= 15 is 0 Å². The van der Waals surface area contributed by atoms with E-state index in [9.17, 15) is 14.7 Å². The highest BCUT2D eigenvalue weighted by atomic mass is 16.3. The van der Waals surface area contributed by atoms with Crippen molar-refractivity contribution in [2.24, 2.45) is 34.8 Å². The van der Waals surface area contributed by atoms with Crippen LogP contribution in [0.15, 0.2) is 0 Å². The number of fused-ring (bicyclic) bond motifs is 2. The number of aliphatic hydroxyl groups is 1. The zero-order valence-corrected chi connectivity index (χ0v) is 19.3. The maximum atomic E-state index is 12.1. The number of carbonyl (C=O) groups excluding carboxylic acids is 2. The highest BCUT2D eigenvalue weighted by Gasteiger charge is 2.47. The molecule has 7 heteroatoms. The lowest BCUT2D eigenvalue weighted by atomic mass is 9.58. The van der Waals surface area contributed by atoms with Gasteiger partial charge in [-0.05, 0) is 75.5 Å². The monoisotopic (exact) mass is 432 g/mol. The first-order valence-corrected chi connectivity index (χ1v) is 12.1. The molecular formula is C24H40N4O3. The molecule has 2 aliphatic heterocycles. The van der Waals surface area contributed by atoms with Crippen molar-refractivity contribution in [1.82, 2.24) is 9.80 Å². The molecule has 2 bridgehead atoms. The molecule has 7 nitrogen and oxygen atoms in total. The standard InChI is InChI=1S/C12H19N3O.C12H21NO2/c13-10-11-4-8-15(9-5-11)12(16)14-6-2-1-3-7-14;1-7-3-8-4-9(10(7)14)6-12(2,5-8)11(13)15/h11H,1-9H2;7-10,14H,3-6H2,1-2H3,(H2,13,15). The number of piperidine rings is 2. The number of primary amides is 1. The van der Waals surface area contributed by atoms with E-state index in [-0.39, 0.29) is 35.3 Å². The van der Waals surface area contributed by atoms with Crippen molar-refractivity contribution in [1.29, 1.82) is 5.26 Å². The molecule has 0 radical (unpaired) electrons. The maximum Gasteiger partial charge on any atom is 0.319 e. The zero-order chi connectivity index (χ0) is 22.6. The van der Waals surface area contributed by atoms with Crippen LogP contribution >= 0.6 is 0 Å².